The molecule has 24 heavy (non-hydrogen) atoms. The van der Waals surface area contributed by atoms with Gasteiger partial charge >= 0.3 is 5.97 Å². The molecule has 0 saturated carbocycles. The highest BCUT2D eigenvalue weighted by atomic mass is 16.6. The van der Waals surface area contributed by atoms with Crippen LogP contribution in [0.25, 0.3) is 5.69 Å². The number of carbonyl (C=O) groups is 2. The molecule has 1 amide bonds. The third-order valence-corrected chi connectivity index (χ3v) is 3.25. The van der Waals surface area contributed by atoms with Crippen LogP contribution in [0.15, 0.2) is 30.5 Å². The van der Waals surface area contributed by atoms with E-state index in [9.17, 15) is 19.7 Å². The maximum Gasteiger partial charge on any atom is 0.326 e. The first-order valence-electron chi connectivity index (χ1n) is 7.00. The summed E-state index contributed by atoms with van der Waals surface area (Å²) in [7, 11) is 0. The zero-order valence-corrected chi connectivity index (χ0v) is 12.9. The Morgan fingerprint density at radius 1 is 1.38 bits per heavy atom. The molecule has 0 fully saturated rings. The number of aromatic nitrogens is 3. The molecule has 2 rings (SSSR count). The van der Waals surface area contributed by atoms with Crippen molar-refractivity contribution >= 4 is 17.6 Å². The van der Waals surface area contributed by atoms with E-state index in [1.807, 2.05) is 0 Å². The number of rotatable bonds is 6. The lowest BCUT2D eigenvalue weighted by Gasteiger charge is -2.16. The zero-order valence-electron chi connectivity index (χ0n) is 12.9. The maximum absolute atomic E-state index is 12.1. The van der Waals surface area contributed by atoms with Crippen LogP contribution in [0.3, 0.4) is 0 Å². The van der Waals surface area contributed by atoms with Crippen molar-refractivity contribution in [1.29, 1.82) is 0 Å². The molecule has 0 bridgehead atoms. The van der Waals surface area contributed by atoms with Gasteiger partial charge in [-0.15, -0.1) is 5.10 Å². The van der Waals surface area contributed by atoms with E-state index >= 15 is 0 Å². The number of aliphatic carboxylic acids is 1. The smallest absolute Gasteiger partial charge is 0.326 e. The topological polar surface area (TPSA) is 140 Å². The normalized spacial score (nSPS) is 12.0. The second-order valence-electron chi connectivity index (χ2n) is 5.36. The second kappa shape index (κ2) is 6.86. The van der Waals surface area contributed by atoms with Crippen molar-refractivity contribution in [3.05, 3.63) is 46.3 Å². The van der Waals surface area contributed by atoms with Crippen LogP contribution in [-0.2, 0) is 4.79 Å². The lowest BCUT2D eigenvalue weighted by Crippen LogP contribution is -2.44. The van der Waals surface area contributed by atoms with Crippen molar-refractivity contribution in [3.8, 4) is 5.69 Å². The molecule has 10 nitrogen and oxygen atoms in total. The number of hydrogen-bond donors (Lipinski definition) is 2. The summed E-state index contributed by atoms with van der Waals surface area (Å²) >= 11 is 0. The number of nitrogens with one attached hydrogen (secondary N) is 1. The van der Waals surface area contributed by atoms with Crippen LogP contribution < -0.4 is 5.32 Å². The van der Waals surface area contributed by atoms with Gasteiger partial charge in [0.1, 0.15) is 6.04 Å². The van der Waals surface area contributed by atoms with E-state index in [0.717, 1.165) is 0 Å². The highest BCUT2D eigenvalue weighted by Gasteiger charge is 2.25. The standard InChI is InChI=1S/C14H15N5O5/c1-8(2)12(14(21)22)15-13(20)11-7-18(17-16-11)9-4-3-5-10(6-9)19(23)24/h3-8,12H,1-2H3,(H,15,20)(H,21,22)/t12-/m0/s1. The fourth-order valence-electron chi connectivity index (χ4n) is 1.97. The highest BCUT2D eigenvalue weighted by Crippen LogP contribution is 2.16. The number of carboxylic acid groups (broad SMARTS) is 1. The number of nitro benzene ring substituents is 1. The zero-order chi connectivity index (χ0) is 17.9. The van der Waals surface area contributed by atoms with Crippen LogP contribution in [0, 0.1) is 16.0 Å². The van der Waals surface area contributed by atoms with E-state index in [2.05, 4.69) is 15.6 Å². The first kappa shape index (κ1) is 17.1. The van der Waals surface area contributed by atoms with Crippen LogP contribution in [0.2, 0.25) is 0 Å². The van der Waals surface area contributed by atoms with Gasteiger partial charge in [-0.05, 0) is 12.0 Å². The predicted octanol–water partition coefficient (Wildman–Crippen LogP) is 1.01. The largest absolute Gasteiger partial charge is 0.480 e. The molecule has 0 radical (unpaired) electrons. The second-order valence-corrected chi connectivity index (χ2v) is 5.36. The minimum absolute atomic E-state index is 0.0894. The summed E-state index contributed by atoms with van der Waals surface area (Å²) in [5.41, 5.74) is 0.141. The van der Waals surface area contributed by atoms with Gasteiger partial charge in [0.25, 0.3) is 11.6 Å². The highest BCUT2D eigenvalue weighted by molar-refractivity contribution is 5.94. The van der Waals surface area contributed by atoms with E-state index in [1.54, 1.807) is 19.9 Å². The summed E-state index contributed by atoms with van der Waals surface area (Å²) in [6, 6.07) is 4.60. The number of nitrogens with zero attached hydrogens (tertiary/aromatic N) is 4. The van der Waals surface area contributed by atoms with Gasteiger partial charge in [-0.2, -0.15) is 0 Å². The Morgan fingerprint density at radius 2 is 2.08 bits per heavy atom. The predicted molar refractivity (Wildman–Crippen MR) is 81.7 cm³/mol. The Morgan fingerprint density at radius 3 is 2.67 bits per heavy atom. The molecular formula is C14H15N5O5. The molecule has 1 aromatic heterocycles. The molecule has 1 atom stereocenters. The van der Waals surface area contributed by atoms with Crippen LogP contribution in [0.4, 0.5) is 5.69 Å². The molecular weight excluding hydrogens is 318 g/mol. The minimum Gasteiger partial charge on any atom is -0.480 e. The SMILES string of the molecule is CC(C)[C@H](NC(=O)c1cn(-c2cccc([N+](=O)[O-])c2)nn1)C(=O)O. The van der Waals surface area contributed by atoms with E-state index < -0.39 is 22.8 Å². The maximum atomic E-state index is 12.1. The average Bonchev–Trinajstić information content (AvgIpc) is 3.02. The molecule has 0 spiro atoms. The Hall–Kier alpha value is -3.30. The fourth-order valence-corrected chi connectivity index (χ4v) is 1.97. The van der Waals surface area contributed by atoms with E-state index in [4.69, 9.17) is 5.11 Å². The van der Waals surface area contributed by atoms with Crippen molar-refractivity contribution in [2.24, 2.45) is 5.92 Å². The quantitative estimate of drug-likeness (QED) is 0.593. The summed E-state index contributed by atoms with van der Waals surface area (Å²) < 4.78 is 1.20. The third kappa shape index (κ3) is 3.72. The fraction of sp³-hybridized carbons (Fsp3) is 0.286. The van der Waals surface area contributed by atoms with Crippen molar-refractivity contribution < 1.29 is 19.6 Å². The molecule has 0 unspecified atom stereocenters. The molecule has 1 aromatic carbocycles. The van der Waals surface area contributed by atoms with E-state index in [-0.39, 0.29) is 17.3 Å². The summed E-state index contributed by atoms with van der Waals surface area (Å²) in [5.74, 6) is -2.14. The van der Waals surface area contributed by atoms with Gasteiger partial charge in [0, 0.05) is 12.1 Å². The molecule has 0 aliphatic rings. The molecule has 0 aliphatic carbocycles. The third-order valence-electron chi connectivity index (χ3n) is 3.25. The van der Waals surface area contributed by atoms with Crippen molar-refractivity contribution in [2.75, 3.05) is 0 Å². The van der Waals surface area contributed by atoms with Gasteiger partial charge in [-0.3, -0.25) is 14.9 Å². The van der Waals surface area contributed by atoms with Crippen LogP contribution in [0.1, 0.15) is 24.3 Å². The molecule has 10 heteroatoms. The molecule has 0 aliphatic heterocycles. The van der Waals surface area contributed by atoms with Crippen molar-refractivity contribution in [3.63, 3.8) is 0 Å². The Bertz CT molecular complexity index is 785. The molecule has 1 heterocycles. The number of amides is 1. The Balaban J connectivity index is 2.21. The van der Waals surface area contributed by atoms with E-state index in [0.29, 0.717) is 5.69 Å². The molecule has 126 valence electrons. The summed E-state index contributed by atoms with van der Waals surface area (Å²) in [4.78, 5) is 33.4. The Labute approximate surface area is 136 Å². The first-order chi connectivity index (χ1) is 11.3. The lowest BCUT2D eigenvalue weighted by molar-refractivity contribution is -0.384. The van der Waals surface area contributed by atoms with Crippen LogP contribution in [-0.4, -0.2) is 42.9 Å². The number of carbonyl (C=O) groups excluding carboxylic acids is 1. The van der Waals surface area contributed by atoms with Crippen molar-refractivity contribution in [1.82, 2.24) is 20.3 Å². The monoisotopic (exact) mass is 333 g/mol. The summed E-state index contributed by atoms with van der Waals surface area (Å²) in [6.07, 6.45) is 1.27. The van der Waals surface area contributed by atoms with Gasteiger partial charge < -0.3 is 10.4 Å². The number of carboxylic acids is 1. The van der Waals surface area contributed by atoms with Gasteiger partial charge in [-0.1, -0.05) is 25.1 Å². The van der Waals surface area contributed by atoms with Crippen LogP contribution >= 0.6 is 0 Å². The molecule has 2 N–H and O–H groups in total. The molecule has 0 saturated heterocycles. The van der Waals surface area contributed by atoms with Gasteiger partial charge in [-0.25, -0.2) is 9.48 Å². The molecule has 2 aromatic rings. The number of nitro groups is 1. The number of hydrogen-bond acceptors (Lipinski definition) is 6. The summed E-state index contributed by atoms with van der Waals surface area (Å²) in [5, 5.41) is 29.7. The van der Waals surface area contributed by atoms with Gasteiger partial charge in [0.2, 0.25) is 0 Å². The minimum atomic E-state index is -1.15. The van der Waals surface area contributed by atoms with Gasteiger partial charge in [0.15, 0.2) is 5.69 Å². The number of benzene rings is 1. The van der Waals surface area contributed by atoms with Crippen molar-refractivity contribution in [2.45, 2.75) is 19.9 Å². The lowest BCUT2D eigenvalue weighted by atomic mass is 10.0. The van der Waals surface area contributed by atoms with Gasteiger partial charge in [0.05, 0.1) is 16.8 Å². The van der Waals surface area contributed by atoms with Crippen LogP contribution in [0.5, 0.6) is 0 Å². The first-order valence-corrected chi connectivity index (χ1v) is 7.00. The number of non-ortho nitro benzene ring substituents is 1. The average molecular weight is 333 g/mol. The Kier molecular flexibility index (Phi) is 4.87. The summed E-state index contributed by atoms with van der Waals surface area (Å²) in [6.45, 7) is 3.33. The van der Waals surface area contributed by atoms with E-state index in [1.165, 1.54) is 29.1 Å².